The van der Waals surface area contributed by atoms with Crippen molar-refractivity contribution in [3.8, 4) is 5.75 Å². The van der Waals surface area contributed by atoms with Crippen molar-refractivity contribution in [2.24, 2.45) is 34.5 Å². The van der Waals surface area contributed by atoms with E-state index in [2.05, 4.69) is 11.9 Å². The van der Waals surface area contributed by atoms with Crippen LogP contribution in [0, 0.1) is 34.5 Å². The summed E-state index contributed by atoms with van der Waals surface area (Å²) in [5.41, 5.74) is -0.639. The van der Waals surface area contributed by atoms with Crippen molar-refractivity contribution in [3.63, 3.8) is 0 Å². The summed E-state index contributed by atoms with van der Waals surface area (Å²) in [4.78, 5) is 30.6. The number of thioether (sulfide) groups is 1. The number of aromatic nitrogens is 1. The van der Waals surface area contributed by atoms with E-state index in [-0.39, 0.29) is 46.4 Å². The van der Waals surface area contributed by atoms with Gasteiger partial charge in [-0.3, -0.25) is 9.59 Å². The molecule has 6 nitrogen and oxygen atoms in total. The minimum Gasteiger partial charge on any atom is -0.497 e. The number of methoxy groups -OCH3 is 1. The number of carbonyl (C=O) groups is 2. The van der Waals surface area contributed by atoms with Crippen molar-refractivity contribution in [1.29, 1.82) is 0 Å². The molecule has 4 aliphatic rings. The summed E-state index contributed by atoms with van der Waals surface area (Å²) in [6, 6.07) is 5.76. The zero-order valence-corrected chi connectivity index (χ0v) is 23.9. The van der Waals surface area contributed by atoms with Crippen molar-refractivity contribution in [1.82, 2.24) is 4.98 Å². The molecule has 1 aromatic carbocycles. The zero-order chi connectivity index (χ0) is 27.0. The lowest BCUT2D eigenvalue weighted by atomic mass is 9.46. The topological polar surface area (TPSA) is 96.7 Å². The number of ketones is 2. The number of fused-ring (bicyclic) bond motifs is 6. The van der Waals surface area contributed by atoms with Crippen molar-refractivity contribution >= 4 is 44.9 Å². The van der Waals surface area contributed by atoms with Crippen LogP contribution in [0.25, 0.3) is 10.2 Å². The van der Waals surface area contributed by atoms with Gasteiger partial charge in [0.2, 0.25) is 0 Å². The van der Waals surface area contributed by atoms with E-state index in [0.29, 0.717) is 6.42 Å². The number of thiazole rings is 1. The monoisotopic (exact) mass is 553 g/mol. The Balaban J connectivity index is 1.26. The summed E-state index contributed by atoms with van der Waals surface area (Å²) in [5, 5.41) is 23.9. The van der Waals surface area contributed by atoms with Crippen LogP contribution in [0.5, 0.6) is 5.75 Å². The number of allylic oxidation sites excluding steroid dienone is 4. The van der Waals surface area contributed by atoms with E-state index in [4.69, 9.17) is 4.74 Å². The summed E-state index contributed by atoms with van der Waals surface area (Å²) in [6.45, 7) is 6.16. The Morgan fingerprint density at radius 3 is 2.87 bits per heavy atom. The molecule has 6 rings (SSSR count). The molecule has 1 heterocycles. The highest BCUT2D eigenvalue weighted by atomic mass is 32.2. The minimum absolute atomic E-state index is 0.0188. The van der Waals surface area contributed by atoms with Gasteiger partial charge >= 0.3 is 0 Å². The third-order valence-corrected chi connectivity index (χ3v) is 12.6. The molecular formula is C30H35NO5S2. The number of carbonyl (C=O) groups excluding carboxylic acids is 2. The molecule has 6 unspecified atom stereocenters. The van der Waals surface area contributed by atoms with Gasteiger partial charge in [0.05, 0.1) is 29.2 Å². The normalized spacial score (nSPS) is 39.9. The average molecular weight is 554 g/mol. The van der Waals surface area contributed by atoms with Gasteiger partial charge < -0.3 is 14.9 Å². The molecule has 2 aromatic rings. The van der Waals surface area contributed by atoms with Gasteiger partial charge in [0.15, 0.2) is 15.9 Å². The predicted octanol–water partition coefficient (Wildman–Crippen LogP) is 5.22. The van der Waals surface area contributed by atoms with E-state index in [1.165, 1.54) is 23.1 Å². The SMILES string of the molecule is COc1ccc2sc(SCC(=O)[C@@]3(O)[C@H](C)CC4C5CCC6=CC(=O)C=CC6(C)C5C(O)CC43C)nc2c1. The Bertz CT molecular complexity index is 1380. The molecule has 0 bridgehead atoms. The third kappa shape index (κ3) is 3.63. The Labute approximate surface area is 231 Å². The summed E-state index contributed by atoms with van der Waals surface area (Å²) >= 11 is 2.91. The molecule has 0 spiro atoms. The van der Waals surface area contributed by atoms with Crippen molar-refractivity contribution in [2.45, 2.75) is 62.5 Å². The highest BCUT2D eigenvalue weighted by Crippen LogP contribution is 2.68. The second-order valence-corrected chi connectivity index (χ2v) is 14.4. The summed E-state index contributed by atoms with van der Waals surface area (Å²) < 4.78 is 7.12. The van der Waals surface area contributed by atoms with Crippen molar-refractivity contribution in [3.05, 3.63) is 42.0 Å². The summed E-state index contributed by atoms with van der Waals surface area (Å²) in [6.07, 6.45) is 7.54. The Hall–Kier alpha value is -2.00. The molecule has 8 atom stereocenters. The van der Waals surface area contributed by atoms with Crippen molar-refractivity contribution < 1.29 is 24.5 Å². The fourth-order valence-corrected chi connectivity index (χ4v) is 10.6. The van der Waals surface area contributed by atoms with Gasteiger partial charge in [-0.15, -0.1) is 11.3 Å². The fourth-order valence-electron chi connectivity index (χ4n) is 8.57. The maximum atomic E-state index is 13.9. The van der Waals surface area contributed by atoms with Crippen molar-refractivity contribution in [2.75, 3.05) is 12.9 Å². The maximum absolute atomic E-state index is 13.9. The standard InChI is InChI=1S/C30H35NO5S2/c1-16-11-21-20-7-5-17-12-18(32)9-10-28(17,2)26(20)23(33)14-29(21,3)30(16,35)25(34)15-37-27-31-22-13-19(36-4)6-8-24(22)38-27/h6,8-10,12-13,16,20-21,23,26,33,35H,5,7,11,14-15H2,1-4H3/t16-,20?,21?,23?,26?,28?,29?,30+/m1/s1. The second kappa shape index (κ2) is 9.01. The fraction of sp³-hybridized carbons (Fsp3) is 0.567. The number of aliphatic hydroxyl groups is 2. The number of hydrogen-bond acceptors (Lipinski definition) is 8. The number of rotatable bonds is 5. The Morgan fingerprint density at radius 1 is 1.32 bits per heavy atom. The lowest BCUT2D eigenvalue weighted by Gasteiger charge is -2.59. The van der Waals surface area contributed by atoms with Crippen LogP contribution in [0.1, 0.15) is 46.5 Å². The van der Waals surface area contributed by atoms with Crippen LogP contribution >= 0.6 is 23.1 Å². The predicted molar refractivity (Wildman–Crippen MR) is 149 cm³/mol. The molecule has 8 heteroatoms. The highest BCUT2D eigenvalue weighted by Gasteiger charge is 2.70. The number of Topliss-reactive ketones (excluding diaryl/α,β-unsaturated/α-hetero) is 1. The van der Waals surface area contributed by atoms with Crippen LogP contribution in [0.15, 0.2) is 46.3 Å². The average Bonchev–Trinajstić information content (AvgIpc) is 3.38. The first kappa shape index (κ1) is 26.2. The molecule has 0 saturated heterocycles. The van der Waals surface area contributed by atoms with Crippen LogP contribution in [0.4, 0.5) is 0 Å². The van der Waals surface area contributed by atoms with Gasteiger partial charge in [-0.1, -0.05) is 44.2 Å². The first-order chi connectivity index (χ1) is 18.0. The van der Waals surface area contributed by atoms with Gasteiger partial charge in [0.25, 0.3) is 0 Å². The number of aliphatic hydroxyl groups excluding tert-OH is 1. The molecule has 4 aliphatic carbocycles. The lowest BCUT2D eigenvalue weighted by molar-refractivity contribution is -0.179. The van der Waals surface area contributed by atoms with Gasteiger partial charge in [0, 0.05) is 22.8 Å². The van der Waals surface area contributed by atoms with Crippen LogP contribution in [-0.4, -0.2) is 51.3 Å². The number of ether oxygens (including phenoxy) is 1. The van der Waals surface area contributed by atoms with Crippen LogP contribution in [0.2, 0.25) is 0 Å². The third-order valence-electron chi connectivity index (χ3n) is 10.4. The smallest absolute Gasteiger partial charge is 0.178 e. The molecule has 0 aliphatic heterocycles. The maximum Gasteiger partial charge on any atom is 0.178 e. The first-order valence-electron chi connectivity index (χ1n) is 13.5. The van der Waals surface area contributed by atoms with E-state index in [9.17, 15) is 19.8 Å². The van der Waals surface area contributed by atoms with E-state index < -0.39 is 17.1 Å². The minimum atomic E-state index is -1.51. The molecule has 1 aromatic heterocycles. The lowest BCUT2D eigenvalue weighted by Crippen LogP contribution is -2.62. The molecule has 3 fully saturated rings. The van der Waals surface area contributed by atoms with Crippen LogP contribution in [-0.2, 0) is 9.59 Å². The van der Waals surface area contributed by atoms with Gasteiger partial charge in [0.1, 0.15) is 11.4 Å². The molecule has 0 amide bonds. The zero-order valence-electron chi connectivity index (χ0n) is 22.3. The Morgan fingerprint density at radius 2 is 2.11 bits per heavy atom. The molecular weight excluding hydrogens is 518 g/mol. The number of nitrogens with zero attached hydrogens (tertiary/aromatic N) is 1. The molecule has 2 N–H and O–H groups in total. The van der Waals surface area contributed by atoms with Gasteiger partial charge in [-0.25, -0.2) is 4.98 Å². The molecule has 202 valence electrons. The van der Waals surface area contributed by atoms with Crippen LogP contribution in [0.3, 0.4) is 0 Å². The summed E-state index contributed by atoms with van der Waals surface area (Å²) in [7, 11) is 1.62. The molecule has 0 radical (unpaired) electrons. The quantitative estimate of drug-likeness (QED) is 0.490. The number of hydrogen-bond donors (Lipinski definition) is 2. The molecule has 38 heavy (non-hydrogen) atoms. The second-order valence-electron chi connectivity index (χ2n) is 12.1. The van der Waals surface area contributed by atoms with Gasteiger partial charge in [-0.05, 0) is 67.7 Å². The Kier molecular flexibility index (Phi) is 6.22. The van der Waals surface area contributed by atoms with Gasteiger partial charge in [-0.2, -0.15) is 0 Å². The van der Waals surface area contributed by atoms with Crippen LogP contribution < -0.4 is 4.74 Å². The first-order valence-corrected chi connectivity index (χ1v) is 15.3. The largest absolute Gasteiger partial charge is 0.497 e. The number of benzene rings is 1. The van der Waals surface area contributed by atoms with E-state index >= 15 is 0 Å². The van der Waals surface area contributed by atoms with E-state index in [0.717, 1.165) is 45.1 Å². The molecule has 3 saturated carbocycles. The van der Waals surface area contributed by atoms with E-state index in [1.807, 2.05) is 38.1 Å². The van der Waals surface area contributed by atoms with E-state index in [1.54, 1.807) is 19.3 Å². The highest BCUT2D eigenvalue weighted by molar-refractivity contribution is 8.01. The summed E-state index contributed by atoms with van der Waals surface area (Å²) in [5.74, 6) is 0.808.